The lowest BCUT2D eigenvalue weighted by atomic mass is 10.1. The van der Waals surface area contributed by atoms with Crippen molar-refractivity contribution in [3.8, 4) is 0 Å². The summed E-state index contributed by atoms with van der Waals surface area (Å²) in [7, 11) is 0. The number of hydrogen-bond donors (Lipinski definition) is 0. The van der Waals surface area contributed by atoms with Gasteiger partial charge in [0.15, 0.2) is 6.61 Å². The number of rotatable bonds is 16. The van der Waals surface area contributed by atoms with Crippen molar-refractivity contribution in [1.82, 2.24) is 0 Å². The summed E-state index contributed by atoms with van der Waals surface area (Å²) in [6.45, 7) is 0.756. The Balaban J connectivity index is 3.25. The lowest BCUT2D eigenvalue weighted by molar-refractivity contribution is -0.186. The van der Waals surface area contributed by atoms with Crippen LogP contribution in [0.25, 0.3) is 0 Å². The molecule has 0 aliphatic carbocycles. The van der Waals surface area contributed by atoms with Gasteiger partial charge in [0.2, 0.25) is 0 Å². The second kappa shape index (κ2) is 16.5. The minimum atomic E-state index is -4.43. The fourth-order valence-electron chi connectivity index (χ4n) is 2.57. The van der Waals surface area contributed by atoms with Gasteiger partial charge < -0.3 is 4.74 Å². The molecule has 0 aromatic heterocycles. The zero-order valence-corrected chi connectivity index (χ0v) is 15.7. The molecule has 0 N–H and O–H groups in total. The van der Waals surface area contributed by atoms with Crippen molar-refractivity contribution < 1.29 is 22.7 Å². The normalized spacial score (nSPS) is 12.0. The Morgan fingerprint density at radius 3 is 1.80 bits per heavy atom. The number of carbonyl (C=O) groups excluding carboxylic acids is 1. The lowest BCUT2D eigenvalue weighted by Crippen LogP contribution is -2.20. The van der Waals surface area contributed by atoms with Gasteiger partial charge in [0.1, 0.15) is 0 Å². The van der Waals surface area contributed by atoms with Crippen molar-refractivity contribution >= 4 is 5.97 Å². The number of esters is 1. The molecule has 5 heteroatoms. The van der Waals surface area contributed by atoms with E-state index in [2.05, 4.69) is 23.8 Å². The molecule has 0 aliphatic rings. The highest BCUT2D eigenvalue weighted by Gasteiger charge is 2.29. The molecular formula is C20H35F3O2. The van der Waals surface area contributed by atoms with Crippen LogP contribution >= 0.6 is 0 Å². The van der Waals surface area contributed by atoms with Crippen LogP contribution in [0.4, 0.5) is 13.2 Å². The first-order valence-electron chi connectivity index (χ1n) is 9.83. The summed E-state index contributed by atoms with van der Waals surface area (Å²) >= 11 is 0. The smallest absolute Gasteiger partial charge is 0.422 e. The largest absolute Gasteiger partial charge is 0.456 e. The van der Waals surface area contributed by atoms with Crippen LogP contribution in [0.5, 0.6) is 0 Å². The molecule has 2 nitrogen and oxygen atoms in total. The number of halogens is 3. The summed E-state index contributed by atoms with van der Waals surface area (Å²) < 4.78 is 39.7. The van der Waals surface area contributed by atoms with Crippen molar-refractivity contribution in [3.05, 3.63) is 12.2 Å². The van der Waals surface area contributed by atoms with E-state index in [0.29, 0.717) is 6.42 Å². The molecule has 0 amide bonds. The zero-order valence-electron chi connectivity index (χ0n) is 15.7. The second-order valence-corrected chi connectivity index (χ2v) is 6.61. The predicted molar refractivity (Wildman–Crippen MR) is 96.5 cm³/mol. The summed E-state index contributed by atoms with van der Waals surface area (Å²) in [6, 6.07) is 0. The van der Waals surface area contributed by atoms with E-state index in [1.807, 2.05) is 0 Å². The number of unbranched alkanes of at least 4 members (excludes halogenated alkanes) is 11. The maximum atomic E-state index is 11.9. The minimum Gasteiger partial charge on any atom is -0.456 e. The van der Waals surface area contributed by atoms with Crippen LogP contribution in [0.1, 0.15) is 96.8 Å². The van der Waals surface area contributed by atoms with Crippen LogP contribution < -0.4 is 0 Å². The van der Waals surface area contributed by atoms with E-state index in [1.54, 1.807) is 0 Å². The molecule has 0 unspecified atom stereocenters. The van der Waals surface area contributed by atoms with Gasteiger partial charge in [-0.25, -0.2) is 0 Å². The topological polar surface area (TPSA) is 26.3 Å². The highest BCUT2D eigenvalue weighted by molar-refractivity contribution is 5.69. The minimum absolute atomic E-state index is 0.0776. The molecule has 0 saturated carbocycles. The summed E-state index contributed by atoms with van der Waals surface area (Å²) in [5.74, 6) is -0.755. The molecule has 0 aliphatic heterocycles. The van der Waals surface area contributed by atoms with E-state index in [-0.39, 0.29) is 6.42 Å². The third kappa shape index (κ3) is 21.0. The van der Waals surface area contributed by atoms with Crippen LogP contribution in [0.15, 0.2) is 12.2 Å². The highest BCUT2D eigenvalue weighted by Crippen LogP contribution is 2.15. The molecule has 0 spiro atoms. The molecule has 0 fully saturated rings. The summed E-state index contributed by atoms with van der Waals surface area (Å²) in [5.41, 5.74) is 0. The van der Waals surface area contributed by atoms with Gasteiger partial charge in [0, 0.05) is 6.42 Å². The summed E-state index contributed by atoms with van der Waals surface area (Å²) in [4.78, 5) is 11.1. The quantitative estimate of drug-likeness (QED) is 0.165. The standard InChI is InChI=1S/C20H35F3O2/c1-2-3-4-5-6-7-8-9-10-11-12-13-14-15-16-17-19(24)25-18-20(21,22)23/h9-10H,2-8,11-18H2,1H3/b10-9-. The van der Waals surface area contributed by atoms with E-state index in [4.69, 9.17) is 0 Å². The number of alkyl halides is 3. The van der Waals surface area contributed by atoms with Crippen LogP contribution in [0.3, 0.4) is 0 Å². The first kappa shape index (κ1) is 24.0. The molecule has 0 radical (unpaired) electrons. The Kier molecular flexibility index (Phi) is 15.8. The van der Waals surface area contributed by atoms with E-state index < -0.39 is 18.8 Å². The van der Waals surface area contributed by atoms with Crippen molar-refractivity contribution in [1.29, 1.82) is 0 Å². The molecule has 0 saturated heterocycles. The lowest BCUT2D eigenvalue weighted by Gasteiger charge is -2.07. The van der Waals surface area contributed by atoms with Crippen molar-refractivity contribution in [3.63, 3.8) is 0 Å². The van der Waals surface area contributed by atoms with Crippen LogP contribution in [-0.2, 0) is 9.53 Å². The maximum absolute atomic E-state index is 11.9. The van der Waals surface area contributed by atoms with E-state index in [0.717, 1.165) is 32.1 Å². The van der Waals surface area contributed by atoms with Crippen LogP contribution in [-0.4, -0.2) is 18.8 Å². The molecule has 0 rings (SSSR count). The average Bonchev–Trinajstić information content (AvgIpc) is 2.56. The molecule has 0 atom stereocenters. The SMILES string of the molecule is CCCCCCCC/C=C\CCCCCCCC(=O)OCC(F)(F)F. The first-order chi connectivity index (χ1) is 12.0. The number of hydrogen-bond acceptors (Lipinski definition) is 2. The Hall–Kier alpha value is -1.00. The van der Waals surface area contributed by atoms with Gasteiger partial charge in [-0.3, -0.25) is 4.79 Å². The summed E-state index contributed by atoms with van der Waals surface area (Å²) in [6.07, 6.45) is 15.1. The van der Waals surface area contributed by atoms with Gasteiger partial charge in [-0.15, -0.1) is 0 Å². The Bertz CT molecular complexity index is 338. The van der Waals surface area contributed by atoms with Gasteiger partial charge in [0.05, 0.1) is 0 Å². The third-order valence-corrected chi connectivity index (χ3v) is 4.04. The van der Waals surface area contributed by atoms with E-state index >= 15 is 0 Å². The van der Waals surface area contributed by atoms with E-state index in [9.17, 15) is 18.0 Å². The van der Waals surface area contributed by atoms with Crippen molar-refractivity contribution in [2.24, 2.45) is 0 Å². The monoisotopic (exact) mass is 364 g/mol. The van der Waals surface area contributed by atoms with Gasteiger partial charge >= 0.3 is 12.1 Å². The molecule has 0 aromatic rings. The molecule has 0 aromatic carbocycles. The zero-order chi connectivity index (χ0) is 18.8. The van der Waals surface area contributed by atoms with Crippen LogP contribution in [0, 0.1) is 0 Å². The highest BCUT2D eigenvalue weighted by atomic mass is 19.4. The predicted octanol–water partition coefficient (Wildman–Crippen LogP) is 7.13. The van der Waals surface area contributed by atoms with Crippen LogP contribution in [0.2, 0.25) is 0 Å². The number of carbonyl (C=O) groups is 1. The average molecular weight is 364 g/mol. The third-order valence-electron chi connectivity index (χ3n) is 4.04. The first-order valence-corrected chi connectivity index (χ1v) is 9.83. The second-order valence-electron chi connectivity index (χ2n) is 6.61. The fraction of sp³-hybridized carbons (Fsp3) is 0.850. The van der Waals surface area contributed by atoms with Crippen molar-refractivity contribution in [2.45, 2.75) is 103 Å². The Morgan fingerprint density at radius 1 is 0.800 bits per heavy atom. The maximum Gasteiger partial charge on any atom is 0.422 e. The summed E-state index contributed by atoms with van der Waals surface area (Å²) in [5, 5.41) is 0. The van der Waals surface area contributed by atoms with Gasteiger partial charge in [-0.1, -0.05) is 70.4 Å². The number of ether oxygens (including phenoxy) is 1. The van der Waals surface area contributed by atoms with E-state index in [1.165, 1.54) is 44.9 Å². The molecule has 148 valence electrons. The molecule has 25 heavy (non-hydrogen) atoms. The Morgan fingerprint density at radius 2 is 1.28 bits per heavy atom. The molecule has 0 heterocycles. The van der Waals surface area contributed by atoms with Gasteiger partial charge in [-0.05, 0) is 32.1 Å². The number of allylic oxidation sites excluding steroid dienone is 2. The molecular weight excluding hydrogens is 329 g/mol. The van der Waals surface area contributed by atoms with Gasteiger partial charge in [-0.2, -0.15) is 13.2 Å². The Labute approximate surface area is 151 Å². The van der Waals surface area contributed by atoms with Gasteiger partial charge in [0.25, 0.3) is 0 Å². The van der Waals surface area contributed by atoms with Crippen molar-refractivity contribution in [2.75, 3.05) is 6.61 Å². The molecule has 0 bridgehead atoms. The fourth-order valence-corrected chi connectivity index (χ4v) is 2.57.